The number of amides is 1. The molecule has 0 aromatic carbocycles. The molecule has 5 nitrogen and oxygen atoms in total. The number of hydrogen-bond acceptors (Lipinski definition) is 4. The van der Waals surface area contributed by atoms with Crippen molar-refractivity contribution in [1.29, 1.82) is 0 Å². The lowest BCUT2D eigenvalue weighted by Crippen LogP contribution is -2.33. The van der Waals surface area contributed by atoms with Crippen LogP contribution in [0.3, 0.4) is 0 Å². The molecule has 0 fully saturated rings. The Hall–Kier alpha value is -1.79. The van der Waals surface area contributed by atoms with Gasteiger partial charge in [-0.05, 0) is 40.2 Å². The molecule has 0 saturated heterocycles. The Morgan fingerprint density at radius 1 is 1.29 bits per heavy atom. The van der Waals surface area contributed by atoms with Gasteiger partial charge in [-0.3, -0.25) is 9.78 Å². The molecular weight excluding hydrogens is 334 g/mol. The zero-order chi connectivity index (χ0) is 15.1. The zero-order valence-corrected chi connectivity index (χ0v) is 13.3. The number of rotatable bonds is 6. The van der Waals surface area contributed by atoms with Crippen LogP contribution in [0, 0.1) is 0 Å². The standard InChI is InChI=1S/C15H16BrN3O2/c1-21-9-8-19(11-13-4-2-3-6-17-13)15(20)12-5-7-18-14(16)10-12/h2-7,10H,8-9,11H2,1H3. The van der Waals surface area contributed by atoms with Crippen LogP contribution < -0.4 is 0 Å². The van der Waals surface area contributed by atoms with E-state index < -0.39 is 0 Å². The van der Waals surface area contributed by atoms with Crippen molar-refractivity contribution in [3.05, 3.63) is 58.6 Å². The third-order valence-electron chi connectivity index (χ3n) is 2.91. The number of aromatic nitrogens is 2. The molecule has 0 aliphatic rings. The fourth-order valence-electron chi connectivity index (χ4n) is 1.86. The van der Waals surface area contributed by atoms with Crippen LogP contribution in [0.5, 0.6) is 0 Å². The highest BCUT2D eigenvalue weighted by atomic mass is 79.9. The molecule has 0 aliphatic heterocycles. The summed E-state index contributed by atoms with van der Waals surface area (Å²) in [5, 5.41) is 0. The van der Waals surface area contributed by atoms with E-state index >= 15 is 0 Å². The van der Waals surface area contributed by atoms with E-state index in [1.165, 1.54) is 0 Å². The van der Waals surface area contributed by atoms with Gasteiger partial charge in [-0.25, -0.2) is 4.98 Å². The SMILES string of the molecule is COCCN(Cc1ccccn1)C(=O)c1ccnc(Br)c1. The molecule has 0 atom stereocenters. The summed E-state index contributed by atoms with van der Waals surface area (Å²) in [6, 6.07) is 9.07. The molecular formula is C15H16BrN3O2. The highest BCUT2D eigenvalue weighted by molar-refractivity contribution is 9.10. The van der Waals surface area contributed by atoms with Crippen molar-refractivity contribution < 1.29 is 9.53 Å². The summed E-state index contributed by atoms with van der Waals surface area (Å²) in [6.45, 7) is 1.43. The van der Waals surface area contributed by atoms with Gasteiger partial charge in [-0.2, -0.15) is 0 Å². The van der Waals surface area contributed by atoms with Crippen LogP contribution in [0.1, 0.15) is 16.1 Å². The lowest BCUT2D eigenvalue weighted by Gasteiger charge is -2.22. The first-order chi connectivity index (χ1) is 10.2. The van der Waals surface area contributed by atoms with Gasteiger partial charge in [0.05, 0.1) is 18.8 Å². The van der Waals surface area contributed by atoms with Crippen molar-refractivity contribution in [2.75, 3.05) is 20.3 Å². The third-order valence-corrected chi connectivity index (χ3v) is 3.34. The molecule has 1 amide bonds. The van der Waals surface area contributed by atoms with Gasteiger partial charge in [-0.1, -0.05) is 6.07 Å². The second-order valence-electron chi connectivity index (χ2n) is 4.41. The van der Waals surface area contributed by atoms with Crippen LogP contribution >= 0.6 is 15.9 Å². The average Bonchev–Trinajstić information content (AvgIpc) is 2.51. The first-order valence-electron chi connectivity index (χ1n) is 6.50. The molecule has 21 heavy (non-hydrogen) atoms. The number of hydrogen-bond donors (Lipinski definition) is 0. The van der Waals surface area contributed by atoms with Gasteiger partial charge in [0.15, 0.2) is 0 Å². The molecule has 110 valence electrons. The molecule has 0 N–H and O–H groups in total. The molecule has 2 rings (SSSR count). The summed E-state index contributed by atoms with van der Waals surface area (Å²) in [6.07, 6.45) is 3.32. The van der Waals surface area contributed by atoms with Gasteiger partial charge in [0.1, 0.15) is 4.60 Å². The predicted octanol–water partition coefficient (Wildman–Crippen LogP) is 2.53. The normalized spacial score (nSPS) is 10.4. The van der Waals surface area contributed by atoms with Crippen LogP contribution in [-0.4, -0.2) is 41.0 Å². The summed E-state index contributed by atoms with van der Waals surface area (Å²) in [4.78, 5) is 22.6. The van der Waals surface area contributed by atoms with Gasteiger partial charge < -0.3 is 9.64 Å². The summed E-state index contributed by atoms with van der Waals surface area (Å²) in [7, 11) is 1.62. The van der Waals surface area contributed by atoms with Gasteiger partial charge in [0.2, 0.25) is 0 Å². The second kappa shape index (κ2) is 7.85. The number of carbonyl (C=O) groups excluding carboxylic acids is 1. The molecule has 0 saturated carbocycles. The van der Waals surface area contributed by atoms with Crippen molar-refractivity contribution >= 4 is 21.8 Å². The van der Waals surface area contributed by atoms with E-state index in [4.69, 9.17) is 4.74 Å². The Bertz CT molecular complexity index is 592. The van der Waals surface area contributed by atoms with E-state index in [-0.39, 0.29) is 5.91 Å². The third kappa shape index (κ3) is 4.61. The number of methoxy groups -OCH3 is 1. The Morgan fingerprint density at radius 2 is 2.14 bits per heavy atom. The molecule has 0 unspecified atom stereocenters. The number of halogens is 1. The van der Waals surface area contributed by atoms with Crippen molar-refractivity contribution in [2.24, 2.45) is 0 Å². The number of pyridine rings is 2. The average molecular weight is 350 g/mol. The van der Waals surface area contributed by atoms with Crippen LogP contribution in [0.2, 0.25) is 0 Å². The van der Waals surface area contributed by atoms with Gasteiger partial charge in [0.25, 0.3) is 5.91 Å². The monoisotopic (exact) mass is 349 g/mol. The van der Waals surface area contributed by atoms with Crippen molar-refractivity contribution in [1.82, 2.24) is 14.9 Å². The van der Waals surface area contributed by atoms with E-state index in [2.05, 4.69) is 25.9 Å². The van der Waals surface area contributed by atoms with Gasteiger partial charge in [-0.15, -0.1) is 0 Å². The molecule has 0 spiro atoms. The summed E-state index contributed by atoms with van der Waals surface area (Å²) >= 11 is 3.28. The summed E-state index contributed by atoms with van der Waals surface area (Å²) in [5.41, 5.74) is 1.43. The minimum Gasteiger partial charge on any atom is -0.383 e. The van der Waals surface area contributed by atoms with E-state index in [0.717, 1.165) is 5.69 Å². The fourth-order valence-corrected chi connectivity index (χ4v) is 2.22. The van der Waals surface area contributed by atoms with Crippen molar-refractivity contribution in [3.63, 3.8) is 0 Å². The second-order valence-corrected chi connectivity index (χ2v) is 5.22. The van der Waals surface area contributed by atoms with Crippen molar-refractivity contribution in [2.45, 2.75) is 6.54 Å². The van der Waals surface area contributed by atoms with Crippen LogP contribution in [0.25, 0.3) is 0 Å². The smallest absolute Gasteiger partial charge is 0.254 e. The quantitative estimate of drug-likeness (QED) is 0.752. The minimum atomic E-state index is -0.0687. The molecule has 0 bridgehead atoms. The summed E-state index contributed by atoms with van der Waals surface area (Å²) < 4.78 is 5.72. The van der Waals surface area contributed by atoms with Gasteiger partial charge >= 0.3 is 0 Å². The Balaban J connectivity index is 2.17. The Morgan fingerprint density at radius 3 is 2.81 bits per heavy atom. The van der Waals surface area contributed by atoms with Gasteiger partial charge in [0, 0.05) is 31.6 Å². The van der Waals surface area contributed by atoms with Crippen molar-refractivity contribution in [3.8, 4) is 0 Å². The van der Waals surface area contributed by atoms with E-state index in [9.17, 15) is 4.79 Å². The summed E-state index contributed by atoms with van der Waals surface area (Å²) in [5.74, 6) is -0.0687. The lowest BCUT2D eigenvalue weighted by atomic mass is 10.2. The Labute approximate surface area is 132 Å². The fraction of sp³-hybridized carbons (Fsp3) is 0.267. The largest absolute Gasteiger partial charge is 0.383 e. The molecule has 6 heteroatoms. The first-order valence-corrected chi connectivity index (χ1v) is 7.29. The maximum atomic E-state index is 12.6. The van der Waals surface area contributed by atoms with Crippen LogP contribution in [-0.2, 0) is 11.3 Å². The number of nitrogens with zero attached hydrogens (tertiary/aromatic N) is 3. The van der Waals surface area contributed by atoms with E-state index in [0.29, 0.717) is 29.9 Å². The first kappa shape index (κ1) is 15.6. The molecule has 2 heterocycles. The zero-order valence-electron chi connectivity index (χ0n) is 11.7. The minimum absolute atomic E-state index is 0.0687. The van der Waals surface area contributed by atoms with Crippen LogP contribution in [0.4, 0.5) is 0 Å². The highest BCUT2D eigenvalue weighted by Gasteiger charge is 2.16. The molecule has 0 aliphatic carbocycles. The predicted molar refractivity (Wildman–Crippen MR) is 82.8 cm³/mol. The molecule has 2 aromatic heterocycles. The van der Waals surface area contributed by atoms with E-state index in [1.54, 1.807) is 36.5 Å². The number of carbonyl (C=O) groups is 1. The highest BCUT2D eigenvalue weighted by Crippen LogP contribution is 2.12. The topological polar surface area (TPSA) is 55.3 Å². The lowest BCUT2D eigenvalue weighted by molar-refractivity contribution is 0.0677. The maximum Gasteiger partial charge on any atom is 0.254 e. The van der Waals surface area contributed by atoms with E-state index in [1.807, 2.05) is 18.2 Å². The molecule has 2 aromatic rings. The molecule has 0 radical (unpaired) electrons. The number of ether oxygens (including phenoxy) is 1. The Kier molecular flexibility index (Phi) is 5.83. The maximum absolute atomic E-state index is 12.6. The van der Waals surface area contributed by atoms with Crippen LogP contribution in [0.15, 0.2) is 47.3 Å².